The van der Waals surface area contributed by atoms with Gasteiger partial charge in [-0.15, -0.1) is 0 Å². The van der Waals surface area contributed by atoms with Gasteiger partial charge in [0.15, 0.2) is 0 Å². The second kappa shape index (κ2) is 10.3. The summed E-state index contributed by atoms with van der Waals surface area (Å²) in [5.74, 6) is -1.81. The normalized spacial score (nSPS) is 11.7. The van der Waals surface area contributed by atoms with Crippen LogP contribution in [0.2, 0.25) is 5.02 Å². The number of carbonyl (C=O) groups is 3. The van der Waals surface area contributed by atoms with Crippen LogP contribution in [0.25, 0.3) is 11.1 Å². The molecule has 1 atom stereocenters. The minimum absolute atomic E-state index is 0.213. The molecule has 170 valence electrons. The van der Waals surface area contributed by atoms with Gasteiger partial charge in [-0.25, -0.2) is 4.79 Å². The molecule has 3 rings (SSSR count). The van der Waals surface area contributed by atoms with Gasteiger partial charge in [0, 0.05) is 28.9 Å². The Balaban J connectivity index is 1.69. The van der Waals surface area contributed by atoms with Crippen molar-refractivity contribution in [2.75, 3.05) is 12.4 Å². The van der Waals surface area contributed by atoms with Crippen LogP contribution < -0.4 is 5.32 Å². The molecule has 0 saturated carbocycles. The van der Waals surface area contributed by atoms with Crippen molar-refractivity contribution < 1.29 is 19.5 Å². The van der Waals surface area contributed by atoms with Gasteiger partial charge in [-0.2, -0.15) is 0 Å². The van der Waals surface area contributed by atoms with Crippen molar-refractivity contribution in [2.45, 2.75) is 19.9 Å². The zero-order valence-corrected chi connectivity index (χ0v) is 19.3. The smallest absolute Gasteiger partial charge is 0.326 e. The van der Waals surface area contributed by atoms with Gasteiger partial charge >= 0.3 is 5.97 Å². The number of aliphatic carboxylic acids is 1. The number of carbonyl (C=O) groups excluding carboxylic acids is 2. The van der Waals surface area contributed by atoms with Gasteiger partial charge in [-0.1, -0.05) is 49.7 Å². The highest BCUT2D eigenvalue weighted by Gasteiger charge is 2.30. The zero-order chi connectivity index (χ0) is 24.1. The van der Waals surface area contributed by atoms with Crippen LogP contribution in [0.1, 0.15) is 34.6 Å². The lowest BCUT2D eigenvalue weighted by Crippen LogP contribution is -2.45. The Morgan fingerprint density at radius 2 is 1.30 bits per heavy atom. The molecule has 0 aliphatic rings. The van der Waals surface area contributed by atoms with E-state index in [0.717, 1.165) is 11.1 Å². The number of amides is 2. The molecule has 3 aromatic carbocycles. The third-order valence-electron chi connectivity index (χ3n) is 5.34. The first-order valence-electron chi connectivity index (χ1n) is 10.4. The molecule has 2 amide bonds. The summed E-state index contributed by atoms with van der Waals surface area (Å²) >= 11 is 5.86. The van der Waals surface area contributed by atoms with Crippen molar-refractivity contribution in [3.05, 3.63) is 88.9 Å². The first-order valence-corrected chi connectivity index (χ1v) is 10.8. The number of hydrogen-bond donors (Lipinski definition) is 2. The van der Waals surface area contributed by atoms with E-state index < -0.39 is 12.0 Å². The van der Waals surface area contributed by atoms with Gasteiger partial charge < -0.3 is 15.3 Å². The minimum Gasteiger partial charge on any atom is -0.480 e. The molecule has 0 fully saturated rings. The second-order valence-electron chi connectivity index (χ2n) is 8.06. The monoisotopic (exact) mass is 464 g/mol. The van der Waals surface area contributed by atoms with E-state index in [0.29, 0.717) is 21.8 Å². The molecule has 0 unspecified atom stereocenters. The van der Waals surface area contributed by atoms with E-state index in [1.54, 1.807) is 62.4 Å². The number of rotatable bonds is 7. The second-order valence-corrected chi connectivity index (χ2v) is 8.50. The maximum absolute atomic E-state index is 12.7. The number of carboxylic acid groups (broad SMARTS) is 1. The number of halogens is 1. The van der Waals surface area contributed by atoms with E-state index in [2.05, 4.69) is 5.32 Å². The van der Waals surface area contributed by atoms with E-state index in [1.807, 2.05) is 24.3 Å². The van der Waals surface area contributed by atoms with Gasteiger partial charge in [-0.05, 0) is 65.6 Å². The molecule has 0 aliphatic heterocycles. The fraction of sp³-hybridized carbons (Fsp3) is 0.192. The van der Waals surface area contributed by atoms with Crippen LogP contribution in [-0.4, -0.2) is 40.9 Å². The van der Waals surface area contributed by atoms with E-state index in [1.165, 1.54) is 11.9 Å². The molecule has 6 nitrogen and oxygen atoms in total. The predicted octanol–water partition coefficient (Wildman–Crippen LogP) is 5.44. The van der Waals surface area contributed by atoms with Crippen molar-refractivity contribution in [2.24, 2.45) is 5.92 Å². The van der Waals surface area contributed by atoms with Crippen LogP contribution in [0.3, 0.4) is 0 Å². The maximum Gasteiger partial charge on any atom is 0.326 e. The number of benzene rings is 3. The first-order chi connectivity index (χ1) is 15.7. The molecule has 0 spiro atoms. The summed E-state index contributed by atoms with van der Waals surface area (Å²) in [5, 5.41) is 12.8. The van der Waals surface area contributed by atoms with Gasteiger partial charge in [0.2, 0.25) is 0 Å². The summed E-state index contributed by atoms with van der Waals surface area (Å²) in [4.78, 5) is 37.9. The molecule has 0 saturated heterocycles. The number of likely N-dealkylation sites (N-methyl/N-ethyl adjacent to an activating group) is 1. The summed E-state index contributed by atoms with van der Waals surface area (Å²) in [6.07, 6.45) is 0. The summed E-state index contributed by atoms with van der Waals surface area (Å²) in [6.45, 7) is 3.54. The fourth-order valence-electron chi connectivity index (χ4n) is 3.58. The summed E-state index contributed by atoms with van der Waals surface area (Å²) < 4.78 is 0. The molecule has 0 radical (unpaired) electrons. The molecule has 0 aliphatic carbocycles. The Morgan fingerprint density at radius 3 is 1.79 bits per heavy atom. The predicted molar refractivity (Wildman–Crippen MR) is 130 cm³/mol. The summed E-state index contributed by atoms with van der Waals surface area (Å²) in [7, 11) is 1.51. The lowest BCUT2D eigenvalue weighted by molar-refractivity contribution is -0.143. The fourth-order valence-corrected chi connectivity index (χ4v) is 3.71. The van der Waals surface area contributed by atoms with Crippen molar-refractivity contribution in [1.82, 2.24) is 4.90 Å². The van der Waals surface area contributed by atoms with Gasteiger partial charge in [0.25, 0.3) is 11.8 Å². The van der Waals surface area contributed by atoms with Crippen LogP contribution >= 0.6 is 11.6 Å². The van der Waals surface area contributed by atoms with E-state index in [4.69, 9.17) is 11.6 Å². The summed E-state index contributed by atoms with van der Waals surface area (Å²) in [5.41, 5.74) is 3.39. The molecule has 2 N–H and O–H groups in total. The average Bonchev–Trinajstić information content (AvgIpc) is 2.79. The van der Waals surface area contributed by atoms with Crippen molar-refractivity contribution in [3.63, 3.8) is 0 Å². The number of anilines is 1. The van der Waals surface area contributed by atoms with Crippen LogP contribution in [0.15, 0.2) is 72.8 Å². The molecule has 0 bridgehead atoms. The van der Waals surface area contributed by atoms with Crippen LogP contribution in [0.5, 0.6) is 0 Å². The third-order valence-corrected chi connectivity index (χ3v) is 5.59. The molecular weight excluding hydrogens is 440 g/mol. The highest BCUT2D eigenvalue weighted by atomic mass is 35.5. The quantitative estimate of drug-likeness (QED) is 0.487. The Labute approximate surface area is 197 Å². The van der Waals surface area contributed by atoms with Gasteiger partial charge in [0.05, 0.1) is 0 Å². The molecular formula is C26H25ClN2O4. The van der Waals surface area contributed by atoms with Gasteiger partial charge in [-0.3, -0.25) is 9.59 Å². The van der Waals surface area contributed by atoms with Crippen LogP contribution in [0, 0.1) is 5.92 Å². The zero-order valence-electron chi connectivity index (χ0n) is 18.6. The first kappa shape index (κ1) is 24.0. The lowest BCUT2D eigenvalue weighted by Gasteiger charge is -2.27. The Kier molecular flexibility index (Phi) is 7.51. The number of nitrogens with zero attached hydrogens (tertiary/aromatic N) is 1. The number of nitrogens with one attached hydrogen (secondary N) is 1. The highest BCUT2D eigenvalue weighted by Crippen LogP contribution is 2.23. The largest absolute Gasteiger partial charge is 0.480 e. The highest BCUT2D eigenvalue weighted by molar-refractivity contribution is 6.30. The van der Waals surface area contributed by atoms with Gasteiger partial charge in [0.1, 0.15) is 6.04 Å². The van der Waals surface area contributed by atoms with E-state index >= 15 is 0 Å². The molecule has 7 heteroatoms. The van der Waals surface area contributed by atoms with Crippen LogP contribution in [0.4, 0.5) is 5.69 Å². The van der Waals surface area contributed by atoms with Crippen molar-refractivity contribution in [3.8, 4) is 11.1 Å². The SMILES string of the molecule is CC(C)[C@@H](C(=O)O)N(C)C(=O)c1ccc(-c2ccc(NC(=O)c3ccc(Cl)cc3)cc2)cc1. The van der Waals surface area contributed by atoms with Crippen molar-refractivity contribution in [1.29, 1.82) is 0 Å². The van der Waals surface area contributed by atoms with Crippen LogP contribution in [-0.2, 0) is 4.79 Å². The topological polar surface area (TPSA) is 86.7 Å². The maximum atomic E-state index is 12.7. The Hall–Kier alpha value is -3.64. The number of carboxylic acids is 1. The van der Waals surface area contributed by atoms with E-state index in [9.17, 15) is 19.5 Å². The Bertz CT molecular complexity index is 1140. The van der Waals surface area contributed by atoms with Crippen molar-refractivity contribution >= 4 is 35.1 Å². The lowest BCUT2D eigenvalue weighted by atomic mass is 10.0. The van der Waals surface area contributed by atoms with E-state index in [-0.39, 0.29) is 17.7 Å². The average molecular weight is 465 g/mol. The molecule has 0 aromatic heterocycles. The third kappa shape index (κ3) is 5.79. The number of hydrogen-bond acceptors (Lipinski definition) is 3. The minimum atomic E-state index is -1.03. The Morgan fingerprint density at radius 1 is 0.818 bits per heavy atom. The molecule has 0 heterocycles. The molecule has 3 aromatic rings. The summed E-state index contributed by atoms with van der Waals surface area (Å²) in [6, 6.07) is 20.1. The standard InChI is InChI=1S/C26H25ClN2O4/c1-16(2)23(26(32)33)29(3)25(31)20-6-4-17(5-7-20)18-10-14-22(15-11-18)28-24(30)19-8-12-21(27)13-9-19/h4-16,23H,1-3H3,(H,28,30)(H,32,33)/t23-/m0/s1. The molecule has 33 heavy (non-hydrogen) atoms.